The molecular formula is C16H25N3O4. The molecule has 1 aromatic rings. The molecule has 0 fully saturated rings. The Morgan fingerprint density at radius 3 is 2.00 bits per heavy atom. The molecule has 0 atom stereocenters. The van der Waals surface area contributed by atoms with Gasteiger partial charge in [-0.2, -0.15) is 0 Å². The summed E-state index contributed by atoms with van der Waals surface area (Å²) in [6, 6.07) is 5.00. The average molecular weight is 323 g/mol. The third-order valence-corrected chi connectivity index (χ3v) is 3.39. The van der Waals surface area contributed by atoms with E-state index in [0.29, 0.717) is 43.2 Å². The Kier molecular flexibility index (Phi) is 7.73. The van der Waals surface area contributed by atoms with E-state index in [4.69, 9.17) is 9.47 Å². The van der Waals surface area contributed by atoms with Crippen LogP contribution in [-0.4, -0.2) is 57.2 Å². The molecule has 2 N–H and O–H groups in total. The molecule has 0 aliphatic carbocycles. The number of urea groups is 1. The SMILES string of the molecule is CCN(CC)C(=O)NCCNC(=O)c1c(OC)cccc1OC. The second-order valence-corrected chi connectivity index (χ2v) is 4.70. The van der Waals surface area contributed by atoms with E-state index < -0.39 is 0 Å². The van der Waals surface area contributed by atoms with Gasteiger partial charge in [-0.3, -0.25) is 4.79 Å². The van der Waals surface area contributed by atoms with E-state index in [-0.39, 0.29) is 11.9 Å². The molecular weight excluding hydrogens is 298 g/mol. The molecule has 0 unspecified atom stereocenters. The first-order chi connectivity index (χ1) is 11.1. The van der Waals surface area contributed by atoms with E-state index in [0.717, 1.165) is 0 Å². The number of hydrogen-bond donors (Lipinski definition) is 2. The molecule has 1 aromatic carbocycles. The highest BCUT2D eigenvalue weighted by atomic mass is 16.5. The summed E-state index contributed by atoms with van der Waals surface area (Å²) >= 11 is 0. The highest BCUT2D eigenvalue weighted by Gasteiger charge is 2.17. The normalized spacial score (nSPS) is 9.91. The highest BCUT2D eigenvalue weighted by molar-refractivity contribution is 5.99. The zero-order valence-corrected chi connectivity index (χ0v) is 14.1. The molecule has 0 saturated carbocycles. The summed E-state index contributed by atoms with van der Waals surface area (Å²) in [6.07, 6.45) is 0. The van der Waals surface area contributed by atoms with Gasteiger partial charge in [0.05, 0.1) is 14.2 Å². The Hall–Kier alpha value is -2.44. The van der Waals surface area contributed by atoms with Gasteiger partial charge in [-0.05, 0) is 26.0 Å². The summed E-state index contributed by atoms with van der Waals surface area (Å²) in [5, 5.41) is 5.50. The lowest BCUT2D eigenvalue weighted by Crippen LogP contribution is -2.42. The van der Waals surface area contributed by atoms with Gasteiger partial charge in [0.15, 0.2) is 0 Å². The van der Waals surface area contributed by atoms with Crippen molar-refractivity contribution >= 4 is 11.9 Å². The lowest BCUT2D eigenvalue weighted by atomic mass is 10.1. The largest absolute Gasteiger partial charge is 0.496 e. The van der Waals surface area contributed by atoms with Gasteiger partial charge in [0.25, 0.3) is 5.91 Å². The Morgan fingerprint density at radius 1 is 1.00 bits per heavy atom. The quantitative estimate of drug-likeness (QED) is 0.710. The standard InChI is InChI=1S/C16H25N3O4/c1-5-19(6-2)16(21)18-11-10-17-15(20)14-12(22-3)8-7-9-13(14)23-4/h7-9H,5-6,10-11H2,1-4H3,(H,17,20)(H,18,21). The monoisotopic (exact) mass is 323 g/mol. The van der Waals surface area contributed by atoms with Crippen LogP contribution in [0.1, 0.15) is 24.2 Å². The number of hydrogen-bond acceptors (Lipinski definition) is 4. The van der Waals surface area contributed by atoms with Crippen LogP contribution in [0, 0.1) is 0 Å². The zero-order chi connectivity index (χ0) is 17.2. The predicted octanol–water partition coefficient (Wildman–Crippen LogP) is 1.49. The Morgan fingerprint density at radius 2 is 1.52 bits per heavy atom. The minimum Gasteiger partial charge on any atom is -0.496 e. The summed E-state index contributed by atoms with van der Waals surface area (Å²) in [6.45, 7) is 5.78. The van der Waals surface area contributed by atoms with E-state index in [2.05, 4.69) is 10.6 Å². The molecule has 7 nitrogen and oxygen atoms in total. The Balaban J connectivity index is 2.57. The molecule has 0 aliphatic heterocycles. The molecule has 0 aliphatic rings. The molecule has 7 heteroatoms. The van der Waals surface area contributed by atoms with E-state index in [1.54, 1.807) is 23.1 Å². The Labute approximate surface area is 136 Å². The van der Waals surface area contributed by atoms with E-state index >= 15 is 0 Å². The maximum atomic E-state index is 12.3. The van der Waals surface area contributed by atoms with Crippen LogP contribution in [-0.2, 0) is 0 Å². The van der Waals surface area contributed by atoms with Crippen molar-refractivity contribution in [3.05, 3.63) is 23.8 Å². The van der Waals surface area contributed by atoms with Gasteiger partial charge >= 0.3 is 6.03 Å². The number of methoxy groups -OCH3 is 2. The number of ether oxygens (including phenoxy) is 2. The zero-order valence-electron chi connectivity index (χ0n) is 14.1. The summed E-state index contributed by atoms with van der Waals surface area (Å²) in [5.74, 6) is 0.569. The molecule has 23 heavy (non-hydrogen) atoms. The maximum Gasteiger partial charge on any atom is 0.317 e. The lowest BCUT2D eigenvalue weighted by Gasteiger charge is -2.19. The van der Waals surface area contributed by atoms with Crippen LogP contribution in [0.2, 0.25) is 0 Å². The first-order valence-corrected chi connectivity index (χ1v) is 7.60. The fraction of sp³-hybridized carbons (Fsp3) is 0.500. The van der Waals surface area contributed by atoms with Crippen molar-refractivity contribution in [1.82, 2.24) is 15.5 Å². The van der Waals surface area contributed by atoms with Crippen molar-refractivity contribution in [3.63, 3.8) is 0 Å². The molecule has 0 bridgehead atoms. The van der Waals surface area contributed by atoms with Crippen molar-refractivity contribution in [3.8, 4) is 11.5 Å². The van der Waals surface area contributed by atoms with E-state index in [9.17, 15) is 9.59 Å². The molecule has 0 radical (unpaired) electrons. The van der Waals surface area contributed by atoms with Crippen LogP contribution in [0.3, 0.4) is 0 Å². The number of nitrogens with zero attached hydrogens (tertiary/aromatic N) is 1. The van der Waals surface area contributed by atoms with Gasteiger partial charge in [-0.1, -0.05) is 6.07 Å². The maximum absolute atomic E-state index is 12.3. The molecule has 0 aromatic heterocycles. The molecule has 128 valence electrons. The second-order valence-electron chi connectivity index (χ2n) is 4.70. The summed E-state index contributed by atoms with van der Waals surface area (Å²) in [4.78, 5) is 25.8. The van der Waals surface area contributed by atoms with Gasteiger partial charge in [0, 0.05) is 26.2 Å². The van der Waals surface area contributed by atoms with Crippen LogP contribution in [0.4, 0.5) is 4.79 Å². The predicted molar refractivity (Wildman–Crippen MR) is 88.2 cm³/mol. The minimum atomic E-state index is -0.309. The number of benzene rings is 1. The molecule has 0 saturated heterocycles. The van der Waals surface area contributed by atoms with Crippen molar-refractivity contribution in [2.75, 3.05) is 40.4 Å². The summed E-state index contributed by atoms with van der Waals surface area (Å²) < 4.78 is 10.4. The van der Waals surface area contributed by atoms with Crippen LogP contribution in [0.25, 0.3) is 0 Å². The second kappa shape index (κ2) is 9.55. The van der Waals surface area contributed by atoms with Crippen LogP contribution >= 0.6 is 0 Å². The first-order valence-electron chi connectivity index (χ1n) is 7.60. The third kappa shape index (κ3) is 5.05. The van der Waals surface area contributed by atoms with Crippen LogP contribution in [0.15, 0.2) is 18.2 Å². The number of amides is 3. The van der Waals surface area contributed by atoms with Gasteiger partial charge in [0.1, 0.15) is 17.1 Å². The van der Waals surface area contributed by atoms with E-state index in [1.165, 1.54) is 14.2 Å². The van der Waals surface area contributed by atoms with Crippen LogP contribution < -0.4 is 20.1 Å². The molecule has 3 amide bonds. The van der Waals surface area contributed by atoms with Gasteiger partial charge in [-0.15, -0.1) is 0 Å². The third-order valence-electron chi connectivity index (χ3n) is 3.39. The fourth-order valence-electron chi connectivity index (χ4n) is 2.13. The highest BCUT2D eigenvalue weighted by Crippen LogP contribution is 2.27. The topological polar surface area (TPSA) is 79.9 Å². The van der Waals surface area contributed by atoms with Crippen molar-refractivity contribution in [1.29, 1.82) is 0 Å². The number of carbonyl (C=O) groups excluding carboxylic acids is 2. The van der Waals surface area contributed by atoms with Gasteiger partial charge in [0.2, 0.25) is 0 Å². The van der Waals surface area contributed by atoms with Gasteiger partial charge in [-0.25, -0.2) is 4.79 Å². The van der Waals surface area contributed by atoms with Crippen molar-refractivity contribution < 1.29 is 19.1 Å². The average Bonchev–Trinajstić information content (AvgIpc) is 2.58. The Bertz CT molecular complexity index is 508. The van der Waals surface area contributed by atoms with Crippen molar-refractivity contribution in [2.24, 2.45) is 0 Å². The fourth-order valence-corrected chi connectivity index (χ4v) is 2.13. The number of rotatable bonds is 8. The minimum absolute atomic E-state index is 0.140. The molecule has 0 heterocycles. The molecule has 1 rings (SSSR count). The summed E-state index contributed by atoms with van der Waals surface area (Å²) in [7, 11) is 2.99. The number of carbonyl (C=O) groups is 2. The summed E-state index contributed by atoms with van der Waals surface area (Å²) in [5.41, 5.74) is 0.340. The van der Waals surface area contributed by atoms with Gasteiger partial charge < -0.3 is 25.0 Å². The number of nitrogens with one attached hydrogen (secondary N) is 2. The first kappa shape index (κ1) is 18.6. The smallest absolute Gasteiger partial charge is 0.317 e. The van der Waals surface area contributed by atoms with E-state index in [1.807, 2.05) is 13.8 Å². The lowest BCUT2D eigenvalue weighted by molar-refractivity contribution is 0.0947. The van der Waals surface area contributed by atoms with Crippen molar-refractivity contribution in [2.45, 2.75) is 13.8 Å². The van der Waals surface area contributed by atoms with Crippen LogP contribution in [0.5, 0.6) is 11.5 Å². The molecule has 0 spiro atoms.